The van der Waals surface area contributed by atoms with Crippen LogP contribution in [0.15, 0.2) is 0 Å². The van der Waals surface area contributed by atoms with Gasteiger partial charge in [0.25, 0.3) is 0 Å². The molecule has 0 aromatic rings. The van der Waals surface area contributed by atoms with Gasteiger partial charge in [-0.3, -0.25) is 0 Å². The highest BCUT2D eigenvalue weighted by molar-refractivity contribution is 7.33. The van der Waals surface area contributed by atoms with Crippen LogP contribution in [0.25, 0.3) is 0 Å². The molecular weight excluding hydrogens is 180 g/mol. The second-order valence-electron chi connectivity index (χ2n) is 1.21. The van der Waals surface area contributed by atoms with E-state index in [4.69, 9.17) is 22.2 Å². The first-order chi connectivity index (χ1) is 3.42. The van der Waals surface area contributed by atoms with Crippen LogP contribution in [-0.4, -0.2) is 13.6 Å². The molecule has 0 aliphatic carbocycles. The highest BCUT2D eigenvalue weighted by atomic mass is 35.7. The number of rotatable bonds is 1. The molecule has 0 aliphatic rings. The summed E-state index contributed by atoms with van der Waals surface area (Å²) >= 11 is 9.89. The Morgan fingerprint density at radius 1 is 1.25 bits per heavy atom. The molecule has 0 amide bonds. The molecule has 0 aromatic carbocycles. The topological polar surface area (TPSA) is 0 Å². The molecule has 0 radical (unpaired) electrons. The van der Waals surface area contributed by atoms with Gasteiger partial charge < -0.3 is 0 Å². The van der Waals surface area contributed by atoms with E-state index in [1.165, 1.54) is 0 Å². The van der Waals surface area contributed by atoms with Crippen LogP contribution in [0.4, 0.5) is 13.2 Å². The summed E-state index contributed by atoms with van der Waals surface area (Å²) in [4.78, 5) is 0. The quantitative estimate of drug-likeness (QED) is 0.432. The molecule has 0 N–H and O–H groups in total. The largest absolute Gasteiger partial charge is 0.388 e. The van der Waals surface area contributed by atoms with E-state index in [0.29, 0.717) is 0 Å². The minimum absolute atomic E-state index is 1.00. The third-order valence-electron chi connectivity index (χ3n) is 0.386. The van der Waals surface area contributed by atoms with Crippen molar-refractivity contribution >= 4 is 29.6 Å². The Kier molecular flexibility index (Phi) is 3.15. The van der Waals surface area contributed by atoms with Gasteiger partial charge >= 0.3 is 6.18 Å². The molecule has 50 valence electrons. The average Bonchev–Trinajstić information content (AvgIpc) is 1.21. The molecule has 0 aliphatic heterocycles. The fourth-order valence-corrected chi connectivity index (χ4v) is 1.57. The van der Waals surface area contributed by atoms with Gasteiger partial charge in [0, 0.05) is 0 Å². The summed E-state index contributed by atoms with van der Waals surface area (Å²) < 4.78 is 33.5. The maximum atomic E-state index is 11.2. The van der Waals surface area contributed by atoms with E-state index in [1.807, 2.05) is 0 Å². The summed E-state index contributed by atoms with van der Waals surface area (Å²) in [6.07, 6.45) is -4.18. The van der Waals surface area contributed by atoms with Crippen molar-refractivity contribution in [3.8, 4) is 0 Å². The molecular formula is C2H3Cl2F3Si. The lowest BCUT2D eigenvalue weighted by Crippen LogP contribution is -2.12. The fourth-order valence-electron chi connectivity index (χ4n) is 0.175. The van der Waals surface area contributed by atoms with E-state index in [0.717, 1.165) is 0 Å². The molecule has 0 spiro atoms. The predicted octanol–water partition coefficient (Wildman–Crippen LogP) is 2.25. The molecule has 6 heteroatoms. The third-order valence-corrected chi connectivity index (χ3v) is 2.08. The zero-order valence-electron chi connectivity index (χ0n) is 3.67. The molecule has 0 aromatic heterocycles. The minimum Gasteiger partial charge on any atom is -0.171 e. The summed E-state index contributed by atoms with van der Waals surface area (Å²) in [5, 5.41) is 0. The standard InChI is InChI=1S/C2H3Cl2F3Si/c3-8(4)1-2(5,6)7/h8H,1H2. The minimum atomic E-state index is -4.18. The predicted molar refractivity (Wildman–Crippen MR) is 29.7 cm³/mol. The summed E-state index contributed by atoms with van der Waals surface area (Å²) in [6, 6.07) is -1.00. The van der Waals surface area contributed by atoms with Crippen molar-refractivity contribution in [1.82, 2.24) is 0 Å². The Hall–Kier alpha value is 0.587. The summed E-state index contributed by atoms with van der Waals surface area (Å²) in [6.45, 7) is 0. The van der Waals surface area contributed by atoms with Gasteiger partial charge in [-0.25, -0.2) is 0 Å². The van der Waals surface area contributed by atoms with Crippen molar-refractivity contribution in [1.29, 1.82) is 0 Å². The van der Waals surface area contributed by atoms with Gasteiger partial charge in [-0.1, -0.05) is 0 Å². The van der Waals surface area contributed by atoms with Crippen LogP contribution >= 0.6 is 22.2 Å². The van der Waals surface area contributed by atoms with Gasteiger partial charge in [0.2, 0.25) is 7.42 Å². The van der Waals surface area contributed by atoms with Crippen LogP contribution in [0, 0.1) is 0 Å². The first-order valence-corrected chi connectivity index (χ1v) is 6.07. The monoisotopic (exact) mass is 182 g/mol. The van der Waals surface area contributed by atoms with Crippen molar-refractivity contribution < 1.29 is 13.2 Å². The van der Waals surface area contributed by atoms with Gasteiger partial charge in [0.15, 0.2) is 0 Å². The molecule has 0 saturated carbocycles. The van der Waals surface area contributed by atoms with E-state index < -0.39 is 19.6 Å². The van der Waals surface area contributed by atoms with Crippen LogP contribution in [0.2, 0.25) is 6.04 Å². The van der Waals surface area contributed by atoms with Crippen LogP contribution in [-0.2, 0) is 0 Å². The van der Waals surface area contributed by atoms with Crippen LogP contribution in [0.1, 0.15) is 0 Å². The Morgan fingerprint density at radius 2 is 1.62 bits per heavy atom. The molecule has 0 nitrogen and oxygen atoms in total. The summed E-state index contributed by atoms with van der Waals surface area (Å²) in [5.74, 6) is 0. The molecule has 0 bridgehead atoms. The van der Waals surface area contributed by atoms with Crippen molar-refractivity contribution in [2.24, 2.45) is 0 Å². The van der Waals surface area contributed by atoms with Crippen molar-refractivity contribution in [2.45, 2.75) is 12.2 Å². The fraction of sp³-hybridized carbons (Fsp3) is 1.00. The van der Waals surface area contributed by atoms with E-state index in [9.17, 15) is 13.2 Å². The lowest BCUT2D eigenvalue weighted by molar-refractivity contribution is -0.109. The molecule has 0 atom stereocenters. The molecule has 0 unspecified atom stereocenters. The normalized spacial score (nSPS) is 12.8. The first-order valence-electron chi connectivity index (χ1n) is 1.77. The second kappa shape index (κ2) is 2.94. The molecule has 0 saturated heterocycles. The zero-order chi connectivity index (χ0) is 6.78. The van der Waals surface area contributed by atoms with Crippen LogP contribution < -0.4 is 0 Å². The lowest BCUT2D eigenvalue weighted by atomic mass is 10.8. The van der Waals surface area contributed by atoms with Gasteiger partial charge in [0.1, 0.15) is 0 Å². The first kappa shape index (κ1) is 8.59. The van der Waals surface area contributed by atoms with Gasteiger partial charge in [-0.05, 0) is 0 Å². The number of hydrogen-bond acceptors (Lipinski definition) is 0. The average molecular weight is 183 g/mol. The second-order valence-corrected chi connectivity index (χ2v) is 6.23. The summed E-state index contributed by atoms with van der Waals surface area (Å²) in [7, 11) is -2.48. The highest BCUT2D eigenvalue weighted by Gasteiger charge is 2.30. The molecule has 0 heterocycles. The third kappa shape index (κ3) is 6.59. The Labute approximate surface area is 55.6 Å². The SMILES string of the molecule is FC(F)(F)C[SiH](Cl)Cl. The molecule has 0 fully saturated rings. The van der Waals surface area contributed by atoms with Crippen LogP contribution in [0.3, 0.4) is 0 Å². The number of hydrogen-bond donors (Lipinski definition) is 0. The maximum absolute atomic E-state index is 11.2. The molecule has 8 heavy (non-hydrogen) atoms. The van der Waals surface area contributed by atoms with E-state index in [1.54, 1.807) is 0 Å². The van der Waals surface area contributed by atoms with Crippen molar-refractivity contribution in [2.75, 3.05) is 0 Å². The molecule has 0 rings (SSSR count). The van der Waals surface area contributed by atoms with Gasteiger partial charge in [0.05, 0.1) is 6.04 Å². The van der Waals surface area contributed by atoms with Crippen molar-refractivity contribution in [3.63, 3.8) is 0 Å². The van der Waals surface area contributed by atoms with Crippen molar-refractivity contribution in [3.05, 3.63) is 0 Å². The van der Waals surface area contributed by atoms with E-state index >= 15 is 0 Å². The Bertz CT molecular complexity index is 70.2. The number of halogens is 5. The van der Waals surface area contributed by atoms with Gasteiger partial charge in [-0.2, -0.15) is 13.2 Å². The lowest BCUT2D eigenvalue weighted by Gasteiger charge is -2.02. The van der Waals surface area contributed by atoms with Gasteiger partial charge in [-0.15, -0.1) is 22.2 Å². The van der Waals surface area contributed by atoms with Crippen LogP contribution in [0.5, 0.6) is 0 Å². The van der Waals surface area contributed by atoms with E-state index in [-0.39, 0.29) is 0 Å². The zero-order valence-corrected chi connectivity index (χ0v) is 6.34. The maximum Gasteiger partial charge on any atom is 0.388 e. The number of alkyl halides is 3. The Balaban J connectivity index is 3.39. The highest BCUT2D eigenvalue weighted by Crippen LogP contribution is 2.24. The smallest absolute Gasteiger partial charge is 0.171 e. The summed E-state index contributed by atoms with van der Waals surface area (Å²) in [5.41, 5.74) is 0. The Morgan fingerprint density at radius 3 is 1.62 bits per heavy atom. The van der Waals surface area contributed by atoms with E-state index in [2.05, 4.69) is 0 Å².